The first-order valence-corrected chi connectivity index (χ1v) is 6.20. The van der Waals surface area contributed by atoms with Crippen LogP contribution >= 0.6 is 0 Å². The van der Waals surface area contributed by atoms with E-state index in [0.717, 1.165) is 31.4 Å². The Morgan fingerprint density at radius 1 is 1.41 bits per heavy atom. The van der Waals surface area contributed by atoms with Crippen LogP contribution in [0, 0.1) is 5.92 Å². The number of hydrogen-bond acceptors (Lipinski definition) is 3. The van der Waals surface area contributed by atoms with Gasteiger partial charge in [0.15, 0.2) is 0 Å². The lowest BCUT2D eigenvalue weighted by molar-refractivity contribution is -0.126. The largest absolute Gasteiger partial charge is 0.350 e. The first-order valence-electron chi connectivity index (χ1n) is 6.20. The molecular weight excluding hydrogens is 214 g/mol. The minimum atomic E-state index is -0.0209. The highest BCUT2D eigenvalue weighted by Gasteiger charge is 2.27. The summed E-state index contributed by atoms with van der Waals surface area (Å²) in [6.45, 7) is 0.489. The van der Waals surface area contributed by atoms with E-state index >= 15 is 0 Å². The number of nitrogens with one attached hydrogen (secondary N) is 1. The van der Waals surface area contributed by atoms with Crippen LogP contribution in [-0.4, -0.2) is 16.9 Å². The zero-order valence-corrected chi connectivity index (χ0v) is 9.93. The highest BCUT2D eigenvalue weighted by atomic mass is 16.1. The molecule has 92 valence electrons. The molecular formula is C13H19N3O. The summed E-state index contributed by atoms with van der Waals surface area (Å²) in [5.74, 6) is 0.0512. The number of pyridine rings is 1. The molecule has 0 radical (unpaired) electrons. The number of amides is 1. The first-order chi connectivity index (χ1) is 8.27. The molecule has 3 N–H and O–H groups in total. The molecule has 1 aliphatic carbocycles. The van der Waals surface area contributed by atoms with Crippen LogP contribution in [0.2, 0.25) is 0 Å². The van der Waals surface area contributed by atoms with Crippen molar-refractivity contribution in [1.82, 2.24) is 10.3 Å². The second kappa shape index (κ2) is 5.77. The van der Waals surface area contributed by atoms with Gasteiger partial charge < -0.3 is 11.1 Å². The van der Waals surface area contributed by atoms with Crippen LogP contribution in [0.4, 0.5) is 0 Å². The SMILES string of the molecule is NC1CCCCC1C(=O)NCc1ccccn1. The van der Waals surface area contributed by atoms with Crippen molar-refractivity contribution in [3.63, 3.8) is 0 Å². The van der Waals surface area contributed by atoms with Gasteiger partial charge in [0.05, 0.1) is 18.2 Å². The number of hydrogen-bond donors (Lipinski definition) is 2. The van der Waals surface area contributed by atoms with Gasteiger partial charge in [0.25, 0.3) is 0 Å². The molecule has 4 heteroatoms. The number of carbonyl (C=O) groups is 1. The van der Waals surface area contributed by atoms with Gasteiger partial charge in [-0.3, -0.25) is 9.78 Å². The monoisotopic (exact) mass is 233 g/mol. The lowest BCUT2D eigenvalue weighted by Crippen LogP contribution is -2.43. The number of rotatable bonds is 3. The third-order valence-electron chi connectivity index (χ3n) is 3.33. The quantitative estimate of drug-likeness (QED) is 0.824. The number of carbonyl (C=O) groups excluding carboxylic acids is 1. The molecule has 1 saturated carbocycles. The summed E-state index contributed by atoms with van der Waals surface area (Å²) in [6, 6.07) is 5.71. The van der Waals surface area contributed by atoms with Crippen molar-refractivity contribution >= 4 is 5.91 Å². The lowest BCUT2D eigenvalue weighted by Gasteiger charge is -2.27. The Morgan fingerprint density at radius 2 is 2.24 bits per heavy atom. The topological polar surface area (TPSA) is 68.0 Å². The van der Waals surface area contributed by atoms with Crippen molar-refractivity contribution in [1.29, 1.82) is 0 Å². The third-order valence-corrected chi connectivity index (χ3v) is 3.33. The molecule has 1 fully saturated rings. The van der Waals surface area contributed by atoms with Crippen molar-refractivity contribution in [2.75, 3.05) is 0 Å². The van der Waals surface area contributed by atoms with E-state index in [1.54, 1.807) is 6.20 Å². The Balaban J connectivity index is 1.84. The molecule has 1 heterocycles. The normalized spacial score (nSPS) is 24.3. The fourth-order valence-electron chi connectivity index (χ4n) is 2.30. The molecule has 1 amide bonds. The molecule has 0 saturated heterocycles. The molecule has 0 bridgehead atoms. The predicted molar refractivity (Wildman–Crippen MR) is 66.0 cm³/mol. The van der Waals surface area contributed by atoms with Gasteiger partial charge in [0.1, 0.15) is 0 Å². The van der Waals surface area contributed by atoms with Gasteiger partial charge in [-0.05, 0) is 25.0 Å². The number of nitrogens with zero attached hydrogens (tertiary/aromatic N) is 1. The molecule has 0 spiro atoms. The molecule has 1 aliphatic rings. The second-order valence-corrected chi connectivity index (χ2v) is 4.59. The summed E-state index contributed by atoms with van der Waals surface area (Å²) >= 11 is 0. The maximum Gasteiger partial charge on any atom is 0.224 e. The molecule has 2 atom stereocenters. The van der Waals surface area contributed by atoms with Gasteiger partial charge >= 0.3 is 0 Å². The maximum absolute atomic E-state index is 12.0. The summed E-state index contributed by atoms with van der Waals surface area (Å²) in [5, 5.41) is 2.92. The average molecular weight is 233 g/mol. The summed E-state index contributed by atoms with van der Waals surface area (Å²) in [5.41, 5.74) is 6.85. The number of aromatic nitrogens is 1. The van der Waals surface area contributed by atoms with Gasteiger partial charge in [-0.25, -0.2) is 0 Å². The maximum atomic E-state index is 12.0. The highest BCUT2D eigenvalue weighted by Crippen LogP contribution is 2.22. The van der Waals surface area contributed by atoms with Crippen LogP contribution < -0.4 is 11.1 Å². The van der Waals surface area contributed by atoms with E-state index < -0.39 is 0 Å². The minimum Gasteiger partial charge on any atom is -0.350 e. The van der Waals surface area contributed by atoms with E-state index in [-0.39, 0.29) is 17.9 Å². The predicted octanol–water partition coefficient (Wildman–Crippen LogP) is 1.22. The van der Waals surface area contributed by atoms with Crippen molar-refractivity contribution in [2.24, 2.45) is 11.7 Å². The Bertz CT molecular complexity index is 366. The van der Waals surface area contributed by atoms with E-state index in [0.29, 0.717) is 6.54 Å². The molecule has 0 aliphatic heterocycles. The van der Waals surface area contributed by atoms with Crippen molar-refractivity contribution in [3.05, 3.63) is 30.1 Å². The lowest BCUT2D eigenvalue weighted by atomic mass is 9.84. The van der Waals surface area contributed by atoms with Crippen molar-refractivity contribution < 1.29 is 4.79 Å². The van der Waals surface area contributed by atoms with E-state index in [9.17, 15) is 4.79 Å². The summed E-state index contributed by atoms with van der Waals surface area (Å²) in [4.78, 5) is 16.1. The minimum absolute atomic E-state index is 0.0208. The molecule has 2 rings (SSSR count). The van der Waals surface area contributed by atoms with Crippen LogP contribution in [0.25, 0.3) is 0 Å². The zero-order valence-electron chi connectivity index (χ0n) is 9.93. The van der Waals surface area contributed by atoms with E-state index in [4.69, 9.17) is 5.73 Å². The van der Waals surface area contributed by atoms with E-state index in [1.165, 1.54) is 0 Å². The second-order valence-electron chi connectivity index (χ2n) is 4.59. The standard InChI is InChI=1S/C13H19N3O/c14-12-7-2-1-6-11(12)13(17)16-9-10-5-3-4-8-15-10/h3-5,8,11-12H,1-2,6-7,9,14H2,(H,16,17). The molecule has 1 aromatic rings. The summed E-state index contributed by atoms with van der Waals surface area (Å²) in [6.07, 6.45) is 5.85. The van der Waals surface area contributed by atoms with Crippen LogP contribution in [-0.2, 0) is 11.3 Å². The van der Waals surface area contributed by atoms with E-state index in [2.05, 4.69) is 10.3 Å². The fraction of sp³-hybridized carbons (Fsp3) is 0.538. The summed E-state index contributed by atoms with van der Waals surface area (Å²) < 4.78 is 0. The first kappa shape index (κ1) is 12.0. The van der Waals surface area contributed by atoms with Crippen LogP contribution in [0.5, 0.6) is 0 Å². The molecule has 17 heavy (non-hydrogen) atoms. The van der Waals surface area contributed by atoms with Gasteiger partial charge in [-0.1, -0.05) is 18.9 Å². The number of nitrogens with two attached hydrogens (primary N) is 1. The van der Waals surface area contributed by atoms with Crippen molar-refractivity contribution in [3.8, 4) is 0 Å². The Kier molecular flexibility index (Phi) is 4.09. The van der Waals surface area contributed by atoms with Gasteiger partial charge in [0.2, 0.25) is 5.91 Å². The van der Waals surface area contributed by atoms with Crippen LogP contribution in [0.3, 0.4) is 0 Å². The zero-order chi connectivity index (χ0) is 12.1. The fourth-order valence-corrected chi connectivity index (χ4v) is 2.30. The molecule has 1 aromatic heterocycles. The Labute approximate surface area is 102 Å². The van der Waals surface area contributed by atoms with Crippen LogP contribution in [0.15, 0.2) is 24.4 Å². The smallest absolute Gasteiger partial charge is 0.224 e. The highest BCUT2D eigenvalue weighted by molar-refractivity contribution is 5.79. The van der Waals surface area contributed by atoms with Gasteiger partial charge in [-0.15, -0.1) is 0 Å². The molecule has 2 unspecified atom stereocenters. The third kappa shape index (κ3) is 3.27. The van der Waals surface area contributed by atoms with E-state index in [1.807, 2.05) is 18.2 Å². The van der Waals surface area contributed by atoms with Crippen molar-refractivity contribution in [2.45, 2.75) is 38.3 Å². The Morgan fingerprint density at radius 3 is 2.94 bits per heavy atom. The Hall–Kier alpha value is -1.42. The van der Waals surface area contributed by atoms with Gasteiger partial charge in [-0.2, -0.15) is 0 Å². The average Bonchev–Trinajstić information content (AvgIpc) is 2.38. The molecule has 4 nitrogen and oxygen atoms in total. The summed E-state index contributed by atoms with van der Waals surface area (Å²) in [7, 11) is 0. The van der Waals surface area contributed by atoms with Crippen LogP contribution in [0.1, 0.15) is 31.4 Å². The van der Waals surface area contributed by atoms with Gasteiger partial charge in [0, 0.05) is 12.2 Å². The molecule has 0 aromatic carbocycles.